The molecular weight excluding hydrogens is 332 g/mol. The number of amides is 1. The van der Waals surface area contributed by atoms with Crippen molar-refractivity contribution in [3.8, 4) is 5.88 Å². The minimum Gasteiger partial charge on any atom is -0.471 e. The fraction of sp³-hybridized carbons (Fsp3) is 0.421. The Kier molecular flexibility index (Phi) is 6.01. The summed E-state index contributed by atoms with van der Waals surface area (Å²) < 4.78 is 11.4. The van der Waals surface area contributed by atoms with Crippen molar-refractivity contribution in [3.63, 3.8) is 0 Å². The maximum Gasteiger partial charge on any atom is 0.248 e. The van der Waals surface area contributed by atoms with Gasteiger partial charge in [0.05, 0.1) is 25.5 Å². The summed E-state index contributed by atoms with van der Waals surface area (Å²) in [4.78, 5) is 24.5. The number of rotatable bonds is 7. The first-order chi connectivity index (χ1) is 12.6. The van der Waals surface area contributed by atoms with Gasteiger partial charge >= 0.3 is 0 Å². The Labute approximate surface area is 153 Å². The van der Waals surface area contributed by atoms with Gasteiger partial charge < -0.3 is 19.3 Å². The second-order valence-electron chi connectivity index (χ2n) is 6.46. The average molecular weight is 356 g/mol. The maximum absolute atomic E-state index is 12.3. The lowest BCUT2D eigenvalue weighted by Crippen LogP contribution is -2.33. The van der Waals surface area contributed by atoms with E-state index in [4.69, 9.17) is 9.47 Å². The molecule has 3 rings (SSSR count). The highest BCUT2D eigenvalue weighted by Gasteiger charge is 2.28. The molecular formula is C19H24N4O3. The van der Waals surface area contributed by atoms with Crippen LogP contribution in [0.3, 0.4) is 0 Å². The molecule has 1 saturated heterocycles. The molecule has 2 heterocycles. The van der Waals surface area contributed by atoms with E-state index in [1.807, 2.05) is 49.3 Å². The van der Waals surface area contributed by atoms with Gasteiger partial charge in [0.1, 0.15) is 12.7 Å². The Bertz CT molecular complexity index is 724. The molecule has 7 heteroatoms. The molecule has 0 saturated carbocycles. The van der Waals surface area contributed by atoms with E-state index in [0.29, 0.717) is 25.6 Å². The van der Waals surface area contributed by atoms with Crippen molar-refractivity contribution in [1.29, 1.82) is 0 Å². The van der Waals surface area contributed by atoms with Gasteiger partial charge in [-0.3, -0.25) is 9.78 Å². The van der Waals surface area contributed by atoms with E-state index in [0.717, 1.165) is 17.8 Å². The monoisotopic (exact) mass is 356 g/mol. The third-order valence-electron chi connectivity index (χ3n) is 4.18. The van der Waals surface area contributed by atoms with Gasteiger partial charge in [0.15, 0.2) is 5.82 Å². The number of hydrogen-bond donors (Lipinski definition) is 0. The van der Waals surface area contributed by atoms with E-state index in [1.165, 1.54) is 0 Å². The Morgan fingerprint density at radius 3 is 2.85 bits per heavy atom. The molecule has 1 amide bonds. The van der Waals surface area contributed by atoms with Crippen LogP contribution in [0.5, 0.6) is 5.88 Å². The van der Waals surface area contributed by atoms with Crippen molar-refractivity contribution in [2.24, 2.45) is 0 Å². The summed E-state index contributed by atoms with van der Waals surface area (Å²) in [5, 5.41) is 0. The van der Waals surface area contributed by atoms with Crippen LogP contribution >= 0.6 is 0 Å². The smallest absolute Gasteiger partial charge is 0.248 e. The van der Waals surface area contributed by atoms with Crippen LogP contribution in [0.2, 0.25) is 0 Å². The molecule has 1 fully saturated rings. The lowest BCUT2D eigenvalue weighted by molar-refractivity contribution is -0.135. The van der Waals surface area contributed by atoms with Crippen LogP contribution in [0, 0.1) is 0 Å². The van der Waals surface area contributed by atoms with Crippen molar-refractivity contribution in [3.05, 3.63) is 48.3 Å². The summed E-state index contributed by atoms with van der Waals surface area (Å²) in [6.45, 7) is 1.73. The van der Waals surface area contributed by atoms with E-state index in [2.05, 4.69) is 9.97 Å². The zero-order valence-electron chi connectivity index (χ0n) is 15.2. The predicted molar refractivity (Wildman–Crippen MR) is 98.1 cm³/mol. The summed E-state index contributed by atoms with van der Waals surface area (Å²) in [5.41, 5.74) is 1.06. The van der Waals surface area contributed by atoms with Crippen LogP contribution < -0.4 is 9.64 Å². The van der Waals surface area contributed by atoms with Crippen molar-refractivity contribution in [2.75, 3.05) is 38.7 Å². The lowest BCUT2D eigenvalue weighted by Gasteiger charge is -2.17. The standard InChI is InChI=1S/C19H24N4O3/c1-22(2)17-10-20-11-18(21-17)26-16-8-9-23(12-16)19(24)14-25-13-15-6-4-3-5-7-15/h3-7,10-11,16H,8-9,12-14H2,1-2H3/t16-/m0/s1. The number of anilines is 1. The number of likely N-dealkylation sites (tertiary alicyclic amines) is 1. The fourth-order valence-corrected chi connectivity index (χ4v) is 2.75. The van der Waals surface area contributed by atoms with E-state index >= 15 is 0 Å². The lowest BCUT2D eigenvalue weighted by atomic mass is 10.2. The number of carbonyl (C=O) groups excluding carboxylic acids is 1. The number of ether oxygens (including phenoxy) is 2. The summed E-state index contributed by atoms with van der Waals surface area (Å²) >= 11 is 0. The van der Waals surface area contributed by atoms with E-state index < -0.39 is 0 Å². The topological polar surface area (TPSA) is 67.8 Å². The van der Waals surface area contributed by atoms with Gasteiger partial charge in [0.25, 0.3) is 0 Å². The molecule has 1 aliphatic heterocycles. The fourth-order valence-electron chi connectivity index (χ4n) is 2.75. The Morgan fingerprint density at radius 1 is 1.27 bits per heavy atom. The highest BCUT2D eigenvalue weighted by Crippen LogP contribution is 2.18. The van der Waals surface area contributed by atoms with Gasteiger partial charge in [0, 0.05) is 27.1 Å². The Hall–Kier alpha value is -2.67. The van der Waals surface area contributed by atoms with Crippen LogP contribution in [0.15, 0.2) is 42.7 Å². The molecule has 2 aromatic rings. The van der Waals surface area contributed by atoms with E-state index in [1.54, 1.807) is 17.3 Å². The van der Waals surface area contributed by atoms with E-state index in [9.17, 15) is 4.79 Å². The first-order valence-corrected chi connectivity index (χ1v) is 8.67. The second-order valence-corrected chi connectivity index (χ2v) is 6.46. The zero-order valence-corrected chi connectivity index (χ0v) is 15.2. The molecule has 0 spiro atoms. The Morgan fingerprint density at radius 2 is 2.08 bits per heavy atom. The SMILES string of the molecule is CN(C)c1cncc(O[C@H]2CCN(C(=O)COCc3ccccc3)C2)n1. The molecule has 0 radical (unpaired) electrons. The Balaban J connectivity index is 1.44. The van der Waals surface area contributed by atoms with Crippen LogP contribution in [0.4, 0.5) is 5.82 Å². The van der Waals surface area contributed by atoms with Gasteiger partial charge in [-0.05, 0) is 5.56 Å². The summed E-state index contributed by atoms with van der Waals surface area (Å²) in [5.74, 6) is 1.21. The van der Waals surface area contributed by atoms with Crippen molar-refractivity contribution >= 4 is 11.7 Å². The molecule has 0 N–H and O–H groups in total. The van der Waals surface area contributed by atoms with Crippen LogP contribution in [-0.4, -0.2) is 60.7 Å². The number of aromatic nitrogens is 2. The molecule has 1 aromatic carbocycles. The first kappa shape index (κ1) is 18.1. The average Bonchev–Trinajstić information content (AvgIpc) is 3.11. The van der Waals surface area contributed by atoms with E-state index in [-0.39, 0.29) is 18.6 Å². The summed E-state index contributed by atoms with van der Waals surface area (Å²) in [6, 6.07) is 9.83. The third kappa shape index (κ3) is 4.92. The van der Waals surface area contributed by atoms with Crippen molar-refractivity contribution in [2.45, 2.75) is 19.1 Å². The summed E-state index contributed by atoms with van der Waals surface area (Å²) in [7, 11) is 3.80. The molecule has 7 nitrogen and oxygen atoms in total. The minimum absolute atomic E-state index is 0.0137. The van der Waals surface area contributed by atoms with Gasteiger partial charge in [-0.1, -0.05) is 30.3 Å². The molecule has 138 valence electrons. The third-order valence-corrected chi connectivity index (χ3v) is 4.18. The first-order valence-electron chi connectivity index (χ1n) is 8.67. The van der Waals surface area contributed by atoms with Gasteiger partial charge in [-0.25, -0.2) is 0 Å². The van der Waals surface area contributed by atoms with Gasteiger partial charge in [-0.15, -0.1) is 0 Å². The highest BCUT2D eigenvalue weighted by molar-refractivity contribution is 5.77. The van der Waals surface area contributed by atoms with Gasteiger partial charge in [-0.2, -0.15) is 4.98 Å². The number of nitrogens with zero attached hydrogens (tertiary/aromatic N) is 4. The molecule has 1 aliphatic rings. The molecule has 0 aliphatic carbocycles. The number of hydrogen-bond acceptors (Lipinski definition) is 6. The van der Waals surface area contributed by atoms with Gasteiger partial charge in [0.2, 0.25) is 11.8 Å². The molecule has 1 atom stereocenters. The summed E-state index contributed by atoms with van der Waals surface area (Å²) in [6.07, 6.45) is 3.99. The zero-order chi connectivity index (χ0) is 18.4. The molecule has 26 heavy (non-hydrogen) atoms. The predicted octanol–water partition coefficient (Wildman–Crippen LogP) is 1.74. The minimum atomic E-state index is -0.0696. The number of carbonyl (C=O) groups is 1. The van der Waals surface area contributed by atoms with Crippen LogP contribution in [0.1, 0.15) is 12.0 Å². The number of benzene rings is 1. The normalized spacial score (nSPS) is 16.5. The van der Waals surface area contributed by atoms with Crippen LogP contribution in [0.25, 0.3) is 0 Å². The maximum atomic E-state index is 12.3. The molecule has 1 aromatic heterocycles. The second kappa shape index (κ2) is 8.62. The molecule has 0 unspecified atom stereocenters. The quantitative estimate of drug-likeness (QED) is 0.753. The van der Waals surface area contributed by atoms with Crippen molar-refractivity contribution in [1.82, 2.24) is 14.9 Å². The van der Waals surface area contributed by atoms with Crippen molar-refractivity contribution < 1.29 is 14.3 Å². The van der Waals surface area contributed by atoms with Crippen LogP contribution in [-0.2, 0) is 16.1 Å². The molecule has 0 bridgehead atoms. The highest BCUT2D eigenvalue weighted by atomic mass is 16.5. The largest absolute Gasteiger partial charge is 0.471 e.